The molecule has 1 amide bonds. The molecule has 0 unspecified atom stereocenters. The second-order valence-electron chi connectivity index (χ2n) is 6.57. The number of aromatic nitrogens is 1. The Labute approximate surface area is 176 Å². The minimum absolute atomic E-state index is 0.353. The molecule has 0 saturated carbocycles. The van der Waals surface area contributed by atoms with Crippen molar-refractivity contribution in [2.45, 2.75) is 6.54 Å². The van der Waals surface area contributed by atoms with Gasteiger partial charge in [0.05, 0.1) is 5.52 Å². The van der Waals surface area contributed by atoms with Crippen LogP contribution in [0.2, 0.25) is 0 Å². The van der Waals surface area contributed by atoms with Crippen LogP contribution in [0.1, 0.15) is 0 Å². The van der Waals surface area contributed by atoms with Crippen LogP contribution in [0.5, 0.6) is 11.5 Å². The zero-order valence-electron chi connectivity index (χ0n) is 16.3. The molecule has 0 radical (unpaired) electrons. The van der Waals surface area contributed by atoms with E-state index in [2.05, 4.69) is 5.32 Å². The van der Waals surface area contributed by atoms with Crippen molar-refractivity contribution in [1.29, 1.82) is 0 Å². The highest BCUT2D eigenvalue weighted by molar-refractivity contribution is 5.92. The van der Waals surface area contributed by atoms with Crippen molar-refractivity contribution in [2.24, 2.45) is 0 Å². The van der Waals surface area contributed by atoms with Gasteiger partial charge in [-0.15, -0.1) is 0 Å². The Morgan fingerprint density at radius 2 is 1.55 bits per heavy atom. The van der Waals surface area contributed by atoms with Crippen LogP contribution in [0, 0.1) is 0 Å². The number of ether oxygens (including phenoxy) is 2. The Hall–Kier alpha value is -4.33. The molecule has 1 aromatic heterocycles. The summed E-state index contributed by atoms with van der Waals surface area (Å²) in [6.07, 6.45) is 0. The zero-order valence-corrected chi connectivity index (χ0v) is 16.3. The number of para-hydroxylation sites is 3. The molecule has 4 rings (SSSR count). The van der Waals surface area contributed by atoms with E-state index in [9.17, 15) is 14.4 Å². The Balaban J connectivity index is 1.28. The number of amides is 1. The van der Waals surface area contributed by atoms with E-state index in [0.29, 0.717) is 28.3 Å². The minimum atomic E-state index is -0.726. The third-order valence-corrected chi connectivity index (χ3v) is 4.34. The van der Waals surface area contributed by atoms with Gasteiger partial charge in [-0.3, -0.25) is 14.2 Å². The van der Waals surface area contributed by atoms with E-state index in [1.54, 1.807) is 48.5 Å². The highest BCUT2D eigenvalue weighted by Crippen LogP contribution is 2.22. The third kappa shape index (κ3) is 4.99. The number of oxazole rings is 1. The molecule has 3 aromatic carbocycles. The zero-order chi connectivity index (χ0) is 21.6. The number of rotatable bonds is 7. The van der Waals surface area contributed by atoms with Gasteiger partial charge in [0.15, 0.2) is 12.2 Å². The first-order valence-electron chi connectivity index (χ1n) is 9.45. The quantitative estimate of drug-likeness (QED) is 0.461. The Morgan fingerprint density at radius 1 is 0.871 bits per heavy atom. The van der Waals surface area contributed by atoms with Crippen molar-refractivity contribution in [3.63, 3.8) is 0 Å². The van der Waals surface area contributed by atoms with Crippen LogP contribution in [-0.2, 0) is 20.9 Å². The van der Waals surface area contributed by atoms with Crippen molar-refractivity contribution >= 4 is 28.7 Å². The summed E-state index contributed by atoms with van der Waals surface area (Å²) in [6.45, 7) is -0.833. The topological polar surface area (TPSA) is 99.8 Å². The molecule has 0 atom stereocenters. The second-order valence-corrected chi connectivity index (χ2v) is 6.57. The van der Waals surface area contributed by atoms with E-state index in [0.717, 1.165) is 4.57 Å². The summed E-state index contributed by atoms with van der Waals surface area (Å²) in [4.78, 5) is 36.0. The van der Waals surface area contributed by atoms with E-state index in [-0.39, 0.29) is 6.54 Å². The van der Waals surface area contributed by atoms with Crippen LogP contribution in [0.15, 0.2) is 88.1 Å². The lowest BCUT2D eigenvalue weighted by Gasteiger charge is -2.09. The minimum Gasteiger partial charge on any atom is -0.457 e. The molecule has 8 heteroatoms. The molecule has 0 saturated heterocycles. The van der Waals surface area contributed by atoms with Crippen molar-refractivity contribution in [3.05, 3.63) is 89.4 Å². The summed E-state index contributed by atoms with van der Waals surface area (Å²) in [6, 6.07) is 22.8. The van der Waals surface area contributed by atoms with Gasteiger partial charge in [-0.25, -0.2) is 4.79 Å². The Morgan fingerprint density at radius 3 is 2.32 bits per heavy atom. The molecule has 31 heavy (non-hydrogen) atoms. The normalized spacial score (nSPS) is 10.6. The van der Waals surface area contributed by atoms with Crippen LogP contribution in [0.4, 0.5) is 5.69 Å². The van der Waals surface area contributed by atoms with E-state index < -0.39 is 24.2 Å². The van der Waals surface area contributed by atoms with Gasteiger partial charge in [0.2, 0.25) is 0 Å². The second kappa shape index (κ2) is 9.00. The fourth-order valence-electron chi connectivity index (χ4n) is 2.91. The lowest BCUT2D eigenvalue weighted by molar-refractivity contribution is -0.147. The molecular weight excluding hydrogens is 400 g/mol. The van der Waals surface area contributed by atoms with Crippen LogP contribution in [0.25, 0.3) is 11.1 Å². The number of anilines is 1. The first-order chi connectivity index (χ1) is 15.1. The number of fused-ring (bicyclic) bond motifs is 1. The summed E-state index contributed by atoms with van der Waals surface area (Å²) in [7, 11) is 0. The lowest BCUT2D eigenvalue weighted by atomic mass is 10.3. The predicted molar refractivity (Wildman–Crippen MR) is 113 cm³/mol. The van der Waals surface area contributed by atoms with Gasteiger partial charge < -0.3 is 19.2 Å². The van der Waals surface area contributed by atoms with Crippen molar-refractivity contribution < 1.29 is 23.5 Å². The molecule has 0 spiro atoms. The molecule has 0 aliphatic heterocycles. The summed E-state index contributed by atoms with van der Waals surface area (Å²) < 4.78 is 16.9. The van der Waals surface area contributed by atoms with E-state index in [1.807, 2.05) is 30.3 Å². The van der Waals surface area contributed by atoms with Crippen molar-refractivity contribution in [2.75, 3.05) is 11.9 Å². The molecule has 0 aliphatic rings. The maximum Gasteiger partial charge on any atom is 0.420 e. The molecule has 1 N–H and O–H groups in total. The van der Waals surface area contributed by atoms with Crippen molar-refractivity contribution in [1.82, 2.24) is 4.57 Å². The molecule has 0 fully saturated rings. The maximum atomic E-state index is 12.1. The first-order valence-corrected chi connectivity index (χ1v) is 9.45. The summed E-state index contributed by atoms with van der Waals surface area (Å²) in [5.41, 5.74) is 1.38. The highest BCUT2D eigenvalue weighted by Gasteiger charge is 2.14. The van der Waals surface area contributed by atoms with Crippen LogP contribution in [0.3, 0.4) is 0 Å². The Kier molecular flexibility index (Phi) is 5.79. The average Bonchev–Trinajstić information content (AvgIpc) is 3.09. The largest absolute Gasteiger partial charge is 0.457 e. The number of carbonyl (C=O) groups is 2. The van der Waals surface area contributed by atoms with Gasteiger partial charge in [0.1, 0.15) is 18.0 Å². The van der Waals surface area contributed by atoms with Gasteiger partial charge in [-0.1, -0.05) is 30.3 Å². The SMILES string of the molecule is O=C(COC(=O)Cn1c(=O)oc2ccccc21)Nc1ccc(Oc2ccccc2)cc1. The maximum absolute atomic E-state index is 12.1. The molecule has 1 heterocycles. The Bertz CT molecular complexity index is 1260. The smallest absolute Gasteiger partial charge is 0.420 e. The van der Waals surface area contributed by atoms with Gasteiger partial charge in [0.25, 0.3) is 5.91 Å². The third-order valence-electron chi connectivity index (χ3n) is 4.34. The lowest BCUT2D eigenvalue weighted by Crippen LogP contribution is -2.25. The molecular formula is C23H18N2O6. The number of nitrogens with one attached hydrogen (secondary N) is 1. The van der Waals surface area contributed by atoms with Gasteiger partial charge in [-0.2, -0.15) is 0 Å². The first kappa shape index (κ1) is 20.0. The number of nitrogens with zero attached hydrogens (tertiary/aromatic N) is 1. The summed E-state index contributed by atoms with van der Waals surface area (Å²) in [5, 5.41) is 2.63. The molecule has 156 valence electrons. The summed E-state index contributed by atoms with van der Waals surface area (Å²) >= 11 is 0. The molecule has 4 aromatic rings. The van der Waals surface area contributed by atoms with E-state index in [1.165, 1.54) is 0 Å². The number of esters is 1. The summed E-state index contributed by atoms with van der Waals surface area (Å²) in [5.74, 6) is -0.575. The molecule has 0 aliphatic carbocycles. The fourth-order valence-corrected chi connectivity index (χ4v) is 2.91. The standard InChI is InChI=1S/C23H18N2O6/c26-21(24-16-10-12-18(13-11-16)30-17-6-2-1-3-7-17)15-29-22(27)14-25-19-8-4-5-9-20(19)31-23(25)28/h1-13H,14-15H2,(H,24,26). The van der Waals surface area contributed by atoms with Gasteiger partial charge >= 0.3 is 11.7 Å². The highest BCUT2D eigenvalue weighted by atomic mass is 16.5. The number of hydrogen-bond acceptors (Lipinski definition) is 6. The van der Waals surface area contributed by atoms with Crippen LogP contribution in [-0.4, -0.2) is 23.1 Å². The van der Waals surface area contributed by atoms with Crippen LogP contribution >= 0.6 is 0 Å². The molecule has 8 nitrogen and oxygen atoms in total. The van der Waals surface area contributed by atoms with Crippen LogP contribution < -0.4 is 15.8 Å². The number of carbonyl (C=O) groups excluding carboxylic acids is 2. The number of benzene rings is 3. The van der Waals surface area contributed by atoms with E-state index in [4.69, 9.17) is 13.9 Å². The average molecular weight is 418 g/mol. The van der Waals surface area contributed by atoms with E-state index >= 15 is 0 Å². The van der Waals surface area contributed by atoms with Crippen molar-refractivity contribution in [3.8, 4) is 11.5 Å². The monoisotopic (exact) mass is 418 g/mol. The predicted octanol–water partition coefficient (Wildman–Crippen LogP) is 3.57. The molecule has 0 bridgehead atoms. The fraction of sp³-hybridized carbons (Fsp3) is 0.0870. The number of hydrogen-bond donors (Lipinski definition) is 1. The van der Waals surface area contributed by atoms with Gasteiger partial charge in [0, 0.05) is 5.69 Å². The van der Waals surface area contributed by atoms with Gasteiger partial charge in [-0.05, 0) is 48.5 Å².